The molecule has 1 aromatic rings. The Morgan fingerprint density at radius 3 is 3.28 bits per heavy atom. The van der Waals surface area contributed by atoms with Gasteiger partial charge in [-0.2, -0.15) is 0 Å². The Morgan fingerprint density at radius 1 is 1.72 bits per heavy atom. The van der Waals surface area contributed by atoms with Gasteiger partial charge >= 0.3 is 0 Å². The Kier molecular flexibility index (Phi) is 4.25. The van der Waals surface area contributed by atoms with E-state index >= 15 is 0 Å². The highest BCUT2D eigenvalue weighted by molar-refractivity contribution is 6.32. The van der Waals surface area contributed by atoms with Gasteiger partial charge in [0.2, 0.25) is 0 Å². The van der Waals surface area contributed by atoms with Gasteiger partial charge in [-0.05, 0) is 25.5 Å². The predicted molar refractivity (Wildman–Crippen MR) is 75.2 cm³/mol. The first kappa shape index (κ1) is 13.0. The summed E-state index contributed by atoms with van der Waals surface area (Å²) >= 11 is 6.13. The molecule has 1 aliphatic heterocycles. The van der Waals surface area contributed by atoms with Crippen LogP contribution in [-0.2, 0) is 0 Å². The van der Waals surface area contributed by atoms with E-state index in [1.165, 1.54) is 0 Å². The number of aliphatic imine (C=N–C) groups is 1. The van der Waals surface area contributed by atoms with E-state index in [0.717, 1.165) is 25.3 Å². The van der Waals surface area contributed by atoms with Gasteiger partial charge in [0.05, 0.1) is 5.02 Å². The number of halogens is 1. The molecule has 0 saturated carbocycles. The Labute approximate surface area is 112 Å². The van der Waals surface area contributed by atoms with Crippen molar-refractivity contribution >= 4 is 23.4 Å². The van der Waals surface area contributed by atoms with E-state index < -0.39 is 0 Å². The Bertz CT molecular complexity index is 434. The first-order valence-electron chi connectivity index (χ1n) is 6.12. The molecule has 1 aromatic heterocycles. The zero-order valence-corrected chi connectivity index (χ0v) is 11.2. The molecule has 1 aliphatic rings. The van der Waals surface area contributed by atoms with E-state index in [4.69, 9.17) is 17.3 Å². The molecular formula is C12H18ClN5. The van der Waals surface area contributed by atoms with Crippen molar-refractivity contribution in [3.8, 4) is 0 Å². The molecule has 0 spiro atoms. The van der Waals surface area contributed by atoms with Crippen LogP contribution in [0.4, 0.5) is 5.82 Å². The molecule has 0 radical (unpaired) electrons. The summed E-state index contributed by atoms with van der Waals surface area (Å²) in [4.78, 5) is 10.6. The number of nitrogens with one attached hydrogen (secondary N) is 1. The van der Waals surface area contributed by atoms with Crippen molar-refractivity contribution in [2.24, 2.45) is 10.7 Å². The number of pyridine rings is 1. The molecule has 0 aromatic carbocycles. The first-order chi connectivity index (χ1) is 8.70. The van der Waals surface area contributed by atoms with E-state index in [2.05, 4.69) is 20.2 Å². The molecule has 1 fully saturated rings. The van der Waals surface area contributed by atoms with Crippen molar-refractivity contribution in [3.05, 3.63) is 23.4 Å². The highest BCUT2D eigenvalue weighted by Crippen LogP contribution is 2.25. The van der Waals surface area contributed by atoms with Crippen LogP contribution in [0.1, 0.15) is 13.3 Å². The molecule has 2 rings (SSSR count). The van der Waals surface area contributed by atoms with Gasteiger partial charge < -0.3 is 16.0 Å². The fourth-order valence-corrected chi connectivity index (χ4v) is 2.35. The lowest BCUT2D eigenvalue weighted by Gasteiger charge is -2.19. The second-order valence-corrected chi connectivity index (χ2v) is 4.65. The van der Waals surface area contributed by atoms with Gasteiger partial charge in [-0.15, -0.1) is 0 Å². The largest absolute Gasteiger partial charge is 0.370 e. The minimum Gasteiger partial charge on any atom is -0.370 e. The normalized spacial score (nSPS) is 20.2. The highest BCUT2D eigenvalue weighted by atomic mass is 35.5. The van der Waals surface area contributed by atoms with Crippen molar-refractivity contribution in [2.75, 3.05) is 24.5 Å². The minimum absolute atomic E-state index is 0.304. The van der Waals surface area contributed by atoms with Gasteiger partial charge in [-0.1, -0.05) is 11.6 Å². The maximum Gasteiger partial charge on any atom is 0.188 e. The van der Waals surface area contributed by atoms with E-state index in [9.17, 15) is 0 Å². The monoisotopic (exact) mass is 267 g/mol. The maximum absolute atomic E-state index is 6.13. The molecule has 98 valence electrons. The number of guanidine groups is 1. The summed E-state index contributed by atoms with van der Waals surface area (Å²) in [5, 5.41) is 3.90. The second-order valence-electron chi connectivity index (χ2n) is 4.24. The van der Waals surface area contributed by atoms with E-state index in [1.54, 1.807) is 6.20 Å². The Hall–Kier alpha value is -1.49. The van der Waals surface area contributed by atoms with Gasteiger partial charge in [-0.3, -0.25) is 4.99 Å². The lowest BCUT2D eigenvalue weighted by molar-refractivity contribution is 0.664. The zero-order chi connectivity index (χ0) is 13.0. The summed E-state index contributed by atoms with van der Waals surface area (Å²) in [6.07, 6.45) is 2.77. The molecule has 6 heteroatoms. The van der Waals surface area contributed by atoms with Crippen LogP contribution in [0, 0.1) is 0 Å². The van der Waals surface area contributed by atoms with E-state index in [1.807, 2.05) is 19.1 Å². The minimum atomic E-state index is 0.304. The zero-order valence-electron chi connectivity index (χ0n) is 10.4. The summed E-state index contributed by atoms with van der Waals surface area (Å²) in [5.41, 5.74) is 5.76. The predicted octanol–water partition coefficient (Wildman–Crippen LogP) is 1.24. The molecule has 1 unspecified atom stereocenters. The quantitative estimate of drug-likeness (QED) is 0.639. The molecule has 18 heavy (non-hydrogen) atoms. The van der Waals surface area contributed by atoms with Gasteiger partial charge in [-0.25, -0.2) is 4.98 Å². The molecule has 0 bridgehead atoms. The summed E-state index contributed by atoms with van der Waals surface area (Å²) in [6, 6.07) is 4.00. The van der Waals surface area contributed by atoms with Crippen LogP contribution in [0.25, 0.3) is 0 Å². The number of anilines is 1. The number of rotatable bonds is 3. The van der Waals surface area contributed by atoms with Crippen molar-refractivity contribution in [3.63, 3.8) is 0 Å². The molecule has 3 N–H and O–H groups in total. The fourth-order valence-electron chi connectivity index (χ4n) is 2.11. The third-order valence-corrected chi connectivity index (χ3v) is 3.20. The van der Waals surface area contributed by atoms with Crippen LogP contribution in [0.3, 0.4) is 0 Å². The number of nitrogens with two attached hydrogens (primary N) is 1. The summed E-state index contributed by atoms with van der Waals surface area (Å²) in [5.74, 6) is 1.35. The molecule has 5 nitrogen and oxygen atoms in total. The van der Waals surface area contributed by atoms with E-state index in [0.29, 0.717) is 23.6 Å². The molecule has 0 amide bonds. The number of hydrogen-bond acceptors (Lipinski definition) is 3. The SMILES string of the molecule is CCN=C(N)NC1CCN(c2ncccc2Cl)C1. The van der Waals surface area contributed by atoms with Gasteiger partial charge in [0.25, 0.3) is 0 Å². The molecule has 2 heterocycles. The van der Waals surface area contributed by atoms with Crippen LogP contribution in [-0.4, -0.2) is 36.6 Å². The van der Waals surface area contributed by atoms with Crippen LogP contribution in [0.15, 0.2) is 23.3 Å². The third kappa shape index (κ3) is 3.04. The second kappa shape index (κ2) is 5.91. The average molecular weight is 268 g/mol. The van der Waals surface area contributed by atoms with Crippen molar-refractivity contribution in [1.29, 1.82) is 0 Å². The highest BCUT2D eigenvalue weighted by Gasteiger charge is 2.24. The van der Waals surface area contributed by atoms with Crippen molar-refractivity contribution in [2.45, 2.75) is 19.4 Å². The topological polar surface area (TPSA) is 66.5 Å². The van der Waals surface area contributed by atoms with Gasteiger partial charge in [0, 0.05) is 31.9 Å². The van der Waals surface area contributed by atoms with Gasteiger partial charge in [0.15, 0.2) is 5.96 Å². The van der Waals surface area contributed by atoms with Crippen molar-refractivity contribution < 1.29 is 0 Å². The van der Waals surface area contributed by atoms with Crippen LogP contribution in [0.2, 0.25) is 5.02 Å². The molecular weight excluding hydrogens is 250 g/mol. The molecule has 0 aliphatic carbocycles. The standard InChI is InChI=1S/C12H18ClN5/c1-2-15-12(14)17-9-5-7-18(8-9)11-10(13)4-3-6-16-11/h3-4,6,9H,2,5,7-8H2,1H3,(H3,14,15,17). The third-order valence-electron chi connectivity index (χ3n) is 2.91. The van der Waals surface area contributed by atoms with E-state index in [-0.39, 0.29) is 0 Å². The van der Waals surface area contributed by atoms with Crippen LogP contribution < -0.4 is 16.0 Å². The summed E-state index contributed by atoms with van der Waals surface area (Å²) in [6.45, 7) is 4.43. The maximum atomic E-state index is 6.13. The number of aromatic nitrogens is 1. The fraction of sp³-hybridized carbons (Fsp3) is 0.500. The average Bonchev–Trinajstić information content (AvgIpc) is 2.78. The first-order valence-corrected chi connectivity index (χ1v) is 6.50. The summed E-state index contributed by atoms with van der Waals surface area (Å²) in [7, 11) is 0. The van der Waals surface area contributed by atoms with Crippen LogP contribution >= 0.6 is 11.6 Å². The smallest absolute Gasteiger partial charge is 0.188 e. The lowest BCUT2D eigenvalue weighted by atomic mass is 10.3. The molecule has 1 atom stereocenters. The summed E-state index contributed by atoms with van der Waals surface area (Å²) < 4.78 is 0. The van der Waals surface area contributed by atoms with Gasteiger partial charge in [0.1, 0.15) is 5.82 Å². The van der Waals surface area contributed by atoms with Crippen molar-refractivity contribution in [1.82, 2.24) is 10.3 Å². The Morgan fingerprint density at radius 2 is 2.56 bits per heavy atom. The molecule has 1 saturated heterocycles. The number of nitrogens with zero attached hydrogens (tertiary/aromatic N) is 3. The Balaban J connectivity index is 1.97. The van der Waals surface area contributed by atoms with Crippen LogP contribution in [0.5, 0.6) is 0 Å². The lowest BCUT2D eigenvalue weighted by Crippen LogP contribution is -2.41. The number of hydrogen-bond donors (Lipinski definition) is 2.